The van der Waals surface area contributed by atoms with Crippen molar-refractivity contribution in [3.8, 4) is 0 Å². The van der Waals surface area contributed by atoms with Gasteiger partial charge >= 0.3 is 0 Å². The Morgan fingerprint density at radius 2 is 2.27 bits per heavy atom. The van der Waals surface area contributed by atoms with E-state index in [9.17, 15) is 0 Å². The van der Waals surface area contributed by atoms with E-state index >= 15 is 0 Å². The van der Waals surface area contributed by atoms with Crippen molar-refractivity contribution in [2.75, 3.05) is 5.33 Å². The van der Waals surface area contributed by atoms with Gasteiger partial charge in [-0.05, 0) is 20.3 Å². The van der Waals surface area contributed by atoms with E-state index in [0.717, 1.165) is 34.6 Å². The molecule has 1 rings (SSSR count). The maximum atomic E-state index is 6.17. The highest BCUT2D eigenvalue weighted by molar-refractivity contribution is 9.09. The molecule has 0 amide bonds. The van der Waals surface area contributed by atoms with Gasteiger partial charge in [0.1, 0.15) is 0 Å². The maximum Gasteiger partial charge on any atom is 0.0850 e. The van der Waals surface area contributed by atoms with Crippen LogP contribution in [0, 0.1) is 6.92 Å². The van der Waals surface area contributed by atoms with Gasteiger partial charge < -0.3 is 0 Å². The van der Waals surface area contributed by atoms with Crippen molar-refractivity contribution < 1.29 is 0 Å². The predicted molar refractivity (Wildman–Crippen MR) is 68.8 cm³/mol. The van der Waals surface area contributed by atoms with Crippen molar-refractivity contribution in [3.05, 3.63) is 28.1 Å². The molecule has 0 aliphatic carbocycles. The highest BCUT2D eigenvalue weighted by atomic mass is 79.9. The van der Waals surface area contributed by atoms with E-state index in [0.29, 0.717) is 0 Å². The lowest BCUT2D eigenvalue weighted by molar-refractivity contribution is 0.714. The Morgan fingerprint density at radius 1 is 1.60 bits per heavy atom. The molecule has 0 fully saturated rings. The molecule has 0 N–H and O–H groups in total. The molecule has 0 radical (unpaired) electrons. The van der Waals surface area contributed by atoms with Crippen LogP contribution in [-0.2, 0) is 13.5 Å². The molecule has 0 aliphatic rings. The highest BCUT2D eigenvalue weighted by Gasteiger charge is 2.10. The van der Waals surface area contributed by atoms with Gasteiger partial charge in [0.2, 0.25) is 0 Å². The summed E-state index contributed by atoms with van der Waals surface area (Å²) >= 11 is 9.58. The zero-order chi connectivity index (χ0) is 11.4. The lowest BCUT2D eigenvalue weighted by atomic mass is 10.1. The molecule has 4 heteroatoms. The monoisotopic (exact) mass is 290 g/mol. The van der Waals surface area contributed by atoms with Gasteiger partial charge in [0.05, 0.1) is 16.4 Å². The second-order valence-electron chi connectivity index (χ2n) is 3.67. The Hall–Kier alpha value is -0.280. The molecule has 0 aromatic carbocycles. The second kappa shape index (κ2) is 5.71. The Balaban J connectivity index is 2.80. The molecular weight excluding hydrogens is 275 g/mol. The van der Waals surface area contributed by atoms with Crippen LogP contribution in [0.2, 0.25) is 5.02 Å². The average Bonchev–Trinajstić information content (AvgIpc) is 2.42. The van der Waals surface area contributed by atoms with Crippen LogP contribution in [0.1, 0.15) is 24.7 Å². The van der Waals surface area contributed by atoms with Crippen molar-refractivity contribution in [1.29, 1.82) is 0 Å². The molecule has 0 aliphatic heterocycles. The number of aryl methyl sites for hydroxylation is 2. The van der Waals surface area contributed by atoms with Crippen molar-refractivity contribution in [3.63, 3.8) is 0 Å². The summed E-state index contributed by atoms with van der Waals surface area (Å²) < 4.78 is 1.86. The number of aromatic nitrogens is 2. The van der Waals surface area contributed by atoms with E-state index in [2.05, 4.69) is 34.0 Å². The summed E-state index contributed by atoms with van der Waals surface area (Å²) in [5, 5.41) is 6.09. The average molecular weight is 292 g/mol. The van der Waals surface area contributed by atoms with E-state index in [1.165, 1.54) is 5.57 Å². The third kappa shape index (κ3) is 3.35. The van der Waals surface area contributed by atoms with E-state index in [4.69, 9.17) is 11.6 Å². The molecule has 0 saturated heterocycles. The third-order valence-corrected chi connectivity index (χ3v) is 3.26. The summed E-state index contributed by atoms with van der Waals surface area (Å²) in [6.45, 7) is 4.06. The van der Waals surface area contributed by atoms with Gasteiger partial charge in [-0.1, -0.05) is 39.2 Å². The standard InChI is InChI=1S/C11H16BrClN2/c1-8(5-4-6-12)7-10-11(13)9(2)14-15(10)3/h5H,4,6-7H2,1-3H3. The molecule has 0 bridgehead atoms. The first-order valence-corrected chi connectivity index (χ1v) is 6.45. The number of alkyl halides is 1. The fourth-order valence-electron chi connectivity index (χ4n) is 1.51. The van der Waals surface area contributed by atoms with Crippen molar-refractivity contribution in [1.82, 2.24) is 9.78 Å². The van der Waals surface area contributed by atoms with Crippen molar-refractivity contribution >= 4 is 27.5 Å². The van der Waals surface area contributed by atoms with Crippen LogP contribution >= 0.6 is 27.5 Å². The third-order valence-electron chi connectivity index (χ3n) is 2.31. The summed E-state index contributed by atoms with van der Waals surface area (Å²) in [7, 11) is 1.94. The minimum absolute atomic E-state index is 0.795. The molecule has 2 nitrogen and oxygen atoms in total. The number of halogens is 2. The molecule has 1 aromatic heterocycles. The molecule has 1 heterocycles. The van der Waals surface area contributed by atoms with Crippen LogP contribution in [0.25, 0.3) is 0 Å². The normalized spacial score (nSPS) is 12.2. The summed E-state index contributed by atoms with van der Waals surface area (Å²) in [6.07, 6.45) is 4.16. The Labute approximate surface area is 104 Å². The Morgan fingerprint density at radius 3 is 2.73 bits per heavy atom. The van der Waals surface area contributed by atoms with Crippen LogP contribution in [-0.4, -0.2) is 15.1 Å². The Bertz CT molecular complexity index is 369. The first-order valence-electron chi connectivity index (χ1n) is 4.95. The summed E-state index contributed by atoms with van der Waals surface area (Å²) in [5.41, 5.74) is 3.33. The minimum Gasteiger partial charge on any atom is -0.271 e. The van der Waals surface area contributed by atoms with Gasteiger partial charge in [0, 0.05) is 18.8 Å². The van der Waals surface area contributed by atoms with E-state index in [1.54, 1.807) is 0 Å². The predicted octanol–water partition coefficient (Wildman–Crippen LogP) is 3.66. The van der Waals surface area contributed by atoms with Gasteiger partial charge in [-0.25, -0.2) is 0 Å². The van der Waals surface area contributed by atoms with Gasteiger partial charge in [-0.15, -0.1) is 0 Å². The van der Waals surface area contributed by atoms with Crippen molar-refractivity contribution in [2.24, 2.45) is 7.05 Å². The van der Waals surface area contributed by atoms with Gasteiger partial charge in [0.25, 0.3) is 0 Å². The summed E-state index contributed by atoms with van der Waals surface area (Å²) in [4.78, 5) is 0. The molecule has 15 heavy (non-hydrogen) atoms. The quantitative estimate of drug-likeness (QED) is 0.611. The minimum atomic E-state index is 0.795. The lowest BCUT2D eigenvalue weighted by Gasteiger charge is -2.03. The number of allylic oxidation sites excluding steroid dienone is 2. The van der Waals surface area contributed by atoms with Crippen LogP contribution in [0.3, 0.4) is 0 Å². The molecule has 1 aromatic rings. The van der Waals surface area contributed by atoms with E-state index in [1.807, 2.05) is 18.7 Å². The molecule has 0 spiro atoms. The van der Waals surface area contributed by atoms with E-state index < -0.39 is 0 Å². The lowest BCUT2D eigenvalue weighted by Crippen LogP contribution is -1.99. The highest BCUT2D eigenvalue weighted by Crippen LogP contribution is 2.22. The van der Waals surface area contributed by atoms with Gasteiger partial charge in [-0.2, -0.15) is 5.10 Å². The summed E-state index contributed by atoms with van der Waals surface area (Å²) in [5.74, 6) is 0. The number of hydrogen-bond donors (Lipinski definition) is 0. The van der Waals surface area contributed by atoms with Crippen LogP contribution in [0.15, 0.2) is 11.6 Å². The smallest absolute Gasteiger partial charge is 0.0850 e. The zero-order valence-corrected chi connectivity index (χ0v) is 11.7. The molecule has 84 valence electrons. The fourth-order valence-corrected chi connectivity index (χ4v) is 1.97. The number of nitrogens with zero attached hydrogens (tertiary/aromatic N) is 2. The van der Waals surface area contributed by atoms with E-state index in [-0.39, 0.29) is 0 Å². The van der Waals surface area contributed by atoms with Crippen LogP contribution in [0.4, 0.5) is 0 Å². The van der Waals surface area contributed by atoms with Gasteiger partial charge in [-0.3, -0.25) is 4.68 Å². The molecular formula is C11H16BrClN2. The van der Waals surface area contributed by atoms with Gasteiger partial charge in [0.15, 0.2) is 0 Å². The largest absolute Gasteiger partial charge is 0.271 e. The van der Waals surface area contributed by atoms with Crippen LogP contribution in [0.5, 0.6) is 0 Å². The molecule has 0 saturated carbocycles. The van der Waals surface area contributed by atoms with Crippen molar-refractivity contribution in [2.45, 2.75) is 26.7 Å². The second-order valence-corrected chi connectivity index (χ2v) is 4.85. The molecule has 0 unspecified atom stereocenters. The first kappa shape index (κ1) is 12.8. The zero-order valence-electron chi connectivity index (χ0n) is 9.35. The fraction of sp³-hybridized carbons (Fsp3) is 0.545. The maximum absolute atomic E-state index is 6.17. The van der Waals surface area contributed by atoms with Crippen LogP contribution < -0.4 is 0 Å². The molecule has 0 atom stereocenters. The summed E-state index contributed by atoms with van der Waals surface area (Å²) in [6, 6.07) is 0. The topological polar surface area (TPSA) is 17.8 Å². The number of rotatable bonds is 4. The first-order chi connectivity index (χ1) is 7.06. The Kier molecular flexibility index (Phi) is 4.87. The number of hydrogen-bond acceptors (Lipinski definition) is 1. The SMILES string of the molecule is CC(=CCCBr)Cc1c(Cl)c(C)nn1C.